The van der Waals surface area contributed by atoms with Gasteiger partial charge in [-0.2, -0.15) is 0 Å². The summed E-state index contributed by atoms with van der Waals surface area (Å²) in [6.07, 6.45) is 3.87. The van der Waals surface area contributed by atoms with E-state index in [2.05, 4.69) is 15.3 Å². The van der Waals surface area contributed by atoms with Gasteiger partial charge in [0.1, 0.15) is 11.3 Å². The van der Waals surface area contributed by atoms with Gasteiger partial charge in [-0.3, -0.25) is 14.0 Å². The number of hydrogen-bond acceptors (Lipinski definition) is 5. The van der Waals surface area contributed by atoms with E-state index in [1.165, 1.54) is 21.3 Å². The zero-order valence-electron chi connectivity index (χ0n) is 10.7. The predicted molar refractivity (Wildman–Crippen MR) is 70.7 cm³/mol. The predicted octanol–water partition coefficient (Wildman–Crippen LogP) is 0.455. The Morgan fingerprint density at radius 2 is 2.15 bits per heavy atom. The number of rotatable bonds is 3. The molecule has 0 saturated carbocycles. The lowest BCUT2D eigenvalue weighted by Gasteiger charge is -2.04. The zero-order valence-corrected chi connectivity index (χ0v) is 10.7. The van der Waals surface area contributed by atoms with Crippen LogP contribution in [-0.2, 0) is 6.54 Å². The van der Waals surface area contributed by atoms with E-state index in [1.54, 1.807) is 12.3 Å². The van der Waals surface area contributed by atoms with E-state index in [4.69, 9.17) is 0 Å². The fraction of sp³-hybridized carbons (Fsp3) is 0.154. The Hall–Kier alpha value is -2.83. The average molecular weight is 269 g/mol. The normalized spacial score (nSPS) is 10.8. The molecule has 3 aromatic heterocycles. The molecule has 0 amide bonds. The van der Waals surface area contributed by atoms with Crippen LogP contribution in [0.2, 0.25) is 0 Å². The van der Waals surface area contributed by atoms with Gasteiger partial charge in [-0.25, -0.2) is 9.67 Å². The maximum atomic E-state index is 12.0. The van der Waals surface area contributed by atoms with Crippen LogP contribution in [0.4, 0.5) is 0 Å². The summed E-state index contributed by atoms with van der Waals surface area (Å²) >= 11 is 0. The SMILES string of the molecule is Cc1ccc2nc(Cn3cc(C=O)nn3)cc(=O)n2c1. The molecule has 0 unspecified atom stereocenters. The van der Waals surface area contributed by atoms with Crippen molar-refractivity contribution in [2.24, 2.45) is 0 Å². The minimum Gasteiger partial charge on any atom is -0.296 e. The average Bonchev–Trinajstić information content (AvgIpc) is 2.87. The summed E-state index contributed by atoms with van der Waals surface area (Å²) in [4.78, 5) is 27.0. The van der Waals surface area contributed by atoms with Gasteiger partial charge in [0.15, 0.2) is 6.29 Å². The van der Waals surface area contributed by atoms with E-state index in [0.717, 1.165) is 5.56 Å². The van der Waals surface area contributed by atoms with Crippen LogP contribution >= 0.6 is 0 Å². The van der Waals surface area contributed by atoms with Crippen molar-refractivity contribution in [1.29, 1.82) is 0 Å². The van der Waals surface area contributed by atoms with E-state index in [9.17, 15) is 9.59 Å². The van der Waals surface area contributed by atoms with Crippen LogP contribution in [0, 0.1) is 6.92 Å². The van der Waals surface area contributed by atoms with E-state index in [0.29, 0.717) is 24.2 Å². The molecular formula is C13H11N5O2. The molecule has 0 radical (unpaired) electrons. The Labute approximate surface area is 113 Å². The molecule has 20 heavy (non-hydrogen) atoms. The first-order chi connectivity index (χ1) is 9.65. The van der Waals surface area contributed by atoms with Crippen LogP contribution in [0.1, 0.15) is 21.7 Å². The Morgan fingerprint density at radius 3 is 2.90 bits per heavy atom. The minimum atomic E-state index is -0.149. The van der Waals surface area contributed by atoms with Gasteiger partial charge >= 0.3 is 0 Å². The van der Waals surface area contributed by atoms with Crippen molar-refractivity contribution >= 4 is 11.9 Å². The third-order valence-corrected chi connectivity index (χ3v) is 2.86. The van der Waals surface area contributed by atoms with Gasteiger partial charge in [-0.1, -0.05) is 11.3 Å². The number of aryl methyl sites for hydroxylation is 1. The zero-order chi connectivity index (χ0) is 14.1. The molecule has 0 aliphatic rings. The summed E-state index contributed by atoms with van der Waals surface area (Å²) in [6, 6.07) is 5.14. The summed E-state index contributed by atoms with van der Waals surface area (Å²) in [5.41, 5.74) is 2.23. The summed E-state index contributed by atoms with van der Waals surface area (Å²) in [6.45, 7) is 2.20. The van der Waals surface area contributed by atoms with Crippen molar-refractivity contribution in [3.8, 4) is 0 Å². The lowest BCUT2D eigenvalue weighted by atomic mass is 10.3. The molecule has 7 heteroatoms. The number of aldehydes is 1. The second-order valence-corrected chi connectivity index (χ2v) is 4.48. The summed E-state index contributed by atoms with van der Waals surface area (Å²) in [5, 5.41) is 7.45. The lowest BCUT2D eigenvalue weighted by Crippen LogP contribution is -2.17. The van der Waals surface area contributed by atoms with Gasteiger partial charge in [-0.15, -0.1) is 5.10 Å². The molecule has 0 fully saturated rings. The standard InChI is InChI=1S/C13H11N5O2/c1-9-2-3-12-14-10(4-13(20)18(12)5-9)6-17-7-11(8-19)15-16-17/h2-5,7-8H,6H2,1H3. The van der Waals surface area contributed by atoms with Crippen LogP contribution in [-0.4, -0.2) is 30.7 Å². The van der Waals surface area contributed by atoms with Gasteiger partial charge in [0.05, 0.1) is 18.4 Å². The minimum absolute atomic E-state index is 0.149. The van der Waals surface area contributed by atoms with Crippen LogP contribution < -0.4 is 5.56 Å². The first kappa shape index (κ1) is 12.2. The molecule has 0 aromatic carbocycles. The highest BCUT2D eigenvalue weighted by molar-refractivity contribution is 5.70. The first-order valence-corrected chi connectivity index (χ1v) is 6.00. The second kappa shape index (κ2) is 4.69. The number of aromatic nitrogens is 5. The first-order valence-electron chi connectivity index (χ1n) is 6.00. The fourth-order valence-corrected chi connectivity index (χ4v) is 1.95. The molecule has 0 aliphatic carbocycles. The molecule has 0 aliphatic heterocycles. The fourth-order valence-electron chi connectivity index (χ4n) is 1.95. The molecule has 100 valence electrons. The summed E-state index contributed by atoms with van der Waals surface area (Å²) in [5.74, 6) is 0. The molecule has 0 bridgehead atoms. The van der Waals surface area contributed by atoms with E-state index in [-0.39, 0.29) is 11.3 Å². The monoisotopic (exact) mass is 269 g/mol. The van der Waals surface area contributed by atoms with Crippen molar-refractivity contribution in [2.45, 2.75) is 13.5 Å². The van der Waals surface area contributed by atoms with Gasteiger partial charge in [0.2, 0.25) is 0 Å². The number of hydrogen-bond donors (Lipinski definition) is 0. The number of fused-ring (bicyclic) bond motifs is 1. The Bertz CT molecular complexity index is 849. The third-order valence-electron chi connectivity index (χ3n) is 2.86. The maximum Gasteiger partial charge on any atom is 0.258 e. The smallest absolute Gasteiger partial charge is 0.258 e. The van der Waals surface area contributed by atoms with Crippen molar-refractivity contribution in [3.05, 3.63) is 57.9 Å². The highest BCUT2D eigenvalue weighted by Gasteiger charge is 2.05. The molecule has 7 nitrogen and oxygen atoms in total. The highest BCUT2D eigenvalue weighted by atomic mass is 16.1. The van der Waals surface area contributed by atoms with Crippen molar-refractivity contribution < 1.29 is 4.79 Å². The van der Waals surface area contributed by atoms with Crippen molar-refractivity contribution in [2.75, 3.05) is 0 Å². The number of nitrogens with zero attached hydrogens (tertiary/aromatic N) is 5. The van der Waals surface area contributed by atoms with Crippen LogP contribution in [0.3, 0.4) is 0 Å². The van der Waals surface area contributed by atoms with E-state index >= 15 is 0 Å². The Kier molecular flexibility index (Phi) is 2.86. The Balaban J connectivity index is 2.02. The summed E-state index contributed by atoms with van der Waals surface area (Å²) in [7, 11) is 0. The molecule has 3 aromatic rings. The molecule has 3 rings (SSSR count). The molecule has 3 heterocycles. The van der Waals surface area contributed by atoms with Gasteiger partial charge < -0.3 is 0 Å². The molecule has 0 N–H and O–H groups in total. The van der Waals surface area contributed by atoms with Crippen molar-refractivity contribution in [1.82, 2.24) is 24.4 Å². The van der Waals surface area contributed by atoms with Crippen LogP contribution in [0.25, 0.3) is 5.65 Å². The van der Waals surface area contributed by atoms with Gasteiger partial charge in [0, 0.05) is 12.3 Å². The third kappa shape index (κ3) is 2.20. The molecular weight excluding hydrogens is 258 g/mol. The second-order valence-electron chi connectivity index (χ2n) is 4.48. The quantitative estimate of drug-likeness (QED) is 0.645. The maximum absolute atomic E-state index is 12.0. The number of carbonyl (C=O) groups excluding carboxylic acids is 1. The van der Waals surface area contributed by atoms with E-state index in [1.807, 2.05) is 13.0 Å². The lowest BCUT2D eigenvalue weighted by molar-refractivity contribution is 0.111. The van der Waals surface area contributed by atoms with Gasteiger partial charge in [-0.05, 0) is 18.6 Å². The molecule has 0 saturated heterocycles. The topological polar surface area (TPSA) is 82.2 Å². The van der Waals surface area contributed by atoms with Crippen LogP contribution in [0.15, 0.2) is 35.4 Å². The van der Waals surface area contributed by atoms with E-state index < -0.39 is 0 Å². The van der Waals surface area contributed by atoms with Crippen LogP contribution in [0.5, 0.6) is 0 Å². The largest absolute Gasteiger partial charge is 0.296 e. The van der Waals surface area contributed by atoms with Gasteiger partial charge in [0.25, 0.3) is 5.56 Å². The summed E-state index contributed by atoms with van der Waals surface area (Å²) < 4.78 is 2.97. The molecule has 0 spiro atoms. The molecule has 0 atom stereocenters. The Morgan fingerprint density at radius 1 is 1.30 bits per heavy atom. The highest BCUT2D eigenvalue weighted by Crippen LogP contribution is 2.03. The van der Waals surface area contributed by atoms with Crippen molar-refractivity contribution in [3.63, 3.8) is 0 Å². The number of pyridine rings is 1. The number of carbonyl (C=O) groups is 1.